The molecule has 0 spiro atoms. The fraction of sp³-hybridized carbons (Fsp3) is 0.0357. The van der Waals surface area contributed by atoms with E-state index in [1.165, 1.54) is 97.6 Å². The first-order valence-electron chi connectivity index (χ1n) is 20.2. The number of aromatic nitrogens is 1. The quantitative estimate of drug-likeness (QED) is 0.170. The molecule has 0 aliphatic carbocycles. The zero-order valence-electron chi connectivity index (χ0n) is 32.7. The summed E-state index contributed by atoms with van der Waals surface area (Å²) in [6.45, 7) is 4.54. The number of para-hydroxylation sites is 1. The van der Waals surface area contributed by atoms with Gasteiger partial charge in [0.1, 0.15) is 11.2 Å². The van der Waals surface area contributed by atoms with Crippen LogP contribution in [0.25, 0.3) is 114 Å². The van der Waals surface area contributed by atoms with Gasteiger partial charge in [-0.3, -0.25) is 0 Å². The fourth-order valence-corrected chi connectivity index (χ4v) is 10.6. The number of benzene rings is 9. The van der Waals surface area contributed by atoms with E-state index in [-0.39, 0.29) is 0 Å². The summed E-state index contributed by atoms with van der Waals surface area (Å²) in [6.07, 6.45) is 0. The number of fused-ring (bicyclic) bond motifs is 9. The van der Waals surface area contributed by atoms with E-state index >= 15 is 0 Å². The SMILES string of the molecule is Cc1cc(-n2c3ccc(-c4ccc(-c5ccccc5)cc4)cc3c3cc(-c4ccc5oc6ccccc6c5c4)ccc32)ccc1-c1ccc2sc3ccccc3c2c1C. The number of nitrogens with zero attached hydrogens (tertiary/aromatic N) is 1. The second-order valence-corrected chi connectivity index (χ2v) is 16.8. The van der Waals surface area contributed by atoms with E-state index in [1.54, 1.807) is 0 Å². The van der Waals surface area contributed by atoms with E-state index in [1.807, 2.05) is 23.5 Å². The highest BCUT2D eigenvalue weighted by Gasteiger charge is 2.18. The summed E-state index contributed by atoms with van der Waals surface area (Å²) >= 11 is 1.88. The molecule has 0 N–H and O–H groups in total. The first-order chi connectivity index (χ1) is 29.1. The van der Waals surface area contributed by atoms with Crippen molar-refractivity contribution in [2.75, 3.05) is 0 Å². The van der Waals surface area contributed by atoms with Crippen molar-refractivity contribution in [3.05, 3.63) is 199 Å². The number of rotatable bonds is 5. The minimum atomic E-state index is 0.910. The molecule has 2 nitrogen and oxygen atoms in total. The van der Waals surface area contributed by atoms with Crippen molar-refractivity contribution in [1.29, 1.82) is 0 Å². The lowest BCUT2D eigenvalue weighted by molar-refractivity contribution is 0.669. The maximum Gasteiger partial charge on any atom is 0.135 e. The molecule has 0 aliphatic rings. The van der Waals surface area contributed by atoms with Crippen LogP contribution < -0.4 is 0 Å². The van der Waals surface area contributed by atoms with Crippen molar-refractivity contribution < 1.29 is 4.42 Å². The molecule has 0 amide bonds. The van der Waals surface area contributed by atoms with E-state index in [4.69, 9.17) is 4.42 Å². The minimum Gasteiger partial charge on any atom is -0.456 e. The topological polar surface area (TPSA) is 18.1 Å². The normalized spacial score (nSPS) is 11.9. The third kappa shape index (κ3) is 5.39. The van der Waals surface area contributed by atoms with Crippen LogP contribution in [0.4, 0.5) is 0 Å². The fourth-order valence-electron chi connectivity index (χ4n) is 9.42. The van der Waals surface area contributed by atoms with E-state index in [9.17, 15) is 0 Å². The molecule has 3 heteroatoms. The van der Waals surface area contributed by atoms with E-state index in [0.717, 1.165) is 27.6 Å². The largest absolute Gasteiger partial charge is 0.456 e. The molecule has 0 saturated carbocycles. The Morgan fingerprint density at radius 2 is 0.949 bits per heavy atom. The predicted octanol–water partition coefficient (Wildman–Crippen LogP) is 16.3. The second kappa shape index (κ2) is 13.2. The maximum absolute atomic E-state index is 6.19. The zero-order chi connectivity index (χ0) is 39.2. The molecule has 0 unspecified atom stereocenters. The van der Waals surface area contributed by atoms with E-state index in [2.05, 4.69) is 194 Å². The molecule has 278 valence electrons. The Morgan fingerprint density at radius 1 is 0.390 bits per heavy atom. The molecule has 3 heterocycles. The molecule has 59 heavy (non-hydrogen) atoms. The van der Waals surface area contributed by atoms with Crippen molar-refractivity contribution in [2.24, 2.45) is 0 Å². The van der Waals surface area contributed by atoms with Crippen LogP contribution in [0.15, 0.2) is 192 Å². The first kappa shape index (κ1) is 33.9. The molecule has 12 aromatic rings. The molecule has 0 saturated heterocycles. The van der Waals surface area contributed by atoms with Crippen LogP contribution >= 0.6 is 11.3 Å². The van der Waals surface area contributed by atoms with Crippen molar-refractivity contribution in [3.8, 4) is 50.2 Å². The van der Waals surface area contributed by atoms with Gasteiger partial charge in [-0.15, -0.1) is 11.3 Å². The molecular formula is C56H37NOS. The van der Waals surface area contributed by atoms with Gasteiger partial charge in [0.25, 0.3) is 0 Å². The molecule has 3 aromatic heterocycles. The Balaban J connectivity index is 1.02. The zero-order valence-corrected chi connectivity index (χ0v) is 33.5. The van der Waals surface area contributed by atoms with Gasteiger partial charge >= 0.3 is 0 Å². The maximum atomic E-state index is 6.19. The highest BCUT2D eigenvalue weighted by Crippen LogP contribution is 2.42. The lowest BCUT2D eigenvalue weighted by atomic mass is 9.93. The molecule has 0 atom stereocenters. The number of thiophene rings is 1. The van der Waals surface area contributed by atoms with Crippen molar-refractivity contribution in [3.63, 3.8) is 0 Å². The van der Waals surface area contributed by atoms with Gasteiger partial charge < -0.3 is 8.98 Å². The smallest absolute Gasteiger partial charge is 0.135 e. The van der Waals surface area contributed by atoms with Crippen molar-refractivity contribution >= 4 is 75.3 Å². The van der Waals surface area contributed by atoms with Crippen LogP contribution in [0.5, 0.6) is 0 Å². The highest BCUT2D eigenvalue weighted by molar-refractivity contribution is 7.25. The summed E-state index contributed by atoms with van der Waals surface area (Å²) < 4.78 is 11.3. The minimum absolute atomic E-state index is 0.910. The van der Waals surface area contributed by atoms with Gasteiger partial charge in [0.05, 0.1) is 11.0 Å². The molecule has 0 aliphatic heterocycles. The number of furan rings is 1. The standard InChI is InChI=1S/C56H37NOS/c1-34-30-42(23-24-43(34)44-25-29-55-56(35(44)2)46-13-7-9-15-54(46)59-55)57-50-26-20-39(38-18-16-37(17-19-38)36-10-4-3-5-11-36)31-47(50)48-32-40(21-27-51(48)57)41-22-28-53-49(33-41)45-12-6-8-14-52(45)58-53/h3-33H,1-2H3. The highest BCUT2D eigenvalue weighted by atomic mass is 32.1. The average molecular weight is 772 g/mol. The molecule has 9 aromatic carbocycles. The van der Waals surface area contributed by atoms with Gasteiger partial charge in [-0.05, 0) is 136 Å². The summed E-state index contributed by atoms with van der Waals surface area (Å²) in [5.41, 5.74) is 17.7. The lowest BCUT2D eigenvalue weighted by Crippen LogP contribution is -1.96. The van der Waals surface area contributed by atoms with Gasteiger partial charge in [0, 0.05) is 47.4 Å². The molecule has 0 radical (unpaired) electrons. The van der Waals surface area contributed by atoms with E-state index < -0.39 is 0 Å². The number of hydrogen-bond acceptors (Lipinski definition) is 2. The Kier molecular flexibility index (Phi) is 7.57. The van der Waals surface area contributed by atoms with Crippen molar-refractivity contribution in [2.45, 2.75) is 13.8 Å². The molecule has 0 fully saturated rings. The molecule has 12 rings (SSSR count). The number of hydrogen-bond donors (Lipinski definition) is 0. The Morgan fingerprint density at radius 3 is 1.69 bits per heavy atom. The molecular weight excluding hydrogens is 735 g/mol. The average Bonchev–Trinajstić information content (AvgIpc) is 3.96. The number of aryl methyl sites for hydroxylation is 2. The Hall–Kier alpha value is -7.20. The Bertz CT molecular complexity index is 3620. The third-order valence-corrected chi connectivity index (χ3v) is 13.5. The monoisotopic (exact) mass is 771 g/mol. The van der Waals surface area contributed by atoms with Crippen LogP contribution in [0.2, 0.25) is 0 Å². The Labute approximate surface area is 345 Å². The summed E-state index contributed by atoms with van der Waals surface area (Å²) in [5.74, 6) is 0. The third-order valence-electron chi connectivity index (χ3n) is 12.4. The van der Waals surface area contributed by atoms with Gasteiger partial charge in [-0.25, -0.2) is 0 Å². The second-order valence-electron chi connectivity index (χ2n) is 15.8. The van der Waals surface area contributed by atoms with Gasteiger partial charge in [-0.2, -0.15) is 0 Å². The van der Waals surface area contributed by atoms with Crippen LogP contribution in [0.3, 0.4) is 0 Å². The van der Waals surface area contributed by atoms with Crippen LogP contribution in [-0.4, -0.2) is 4.57 Å². The summed E-state index contributed by atoms with van der Waals surface area (Å²) in [4.78, 5) is 0. The van der Waals surface area contributed by atoms with Crippen molar-refractivity contribution in [1.82, 2.24) is 4.57 Å². The first-order valence-corrected chi connectivity index (χ1v) is 21.1. The summed E-state index contributed by atoms with van der Waals surface area (Å²) in [7, 11) is 0. The van der Waals surface area contributed by atoms with Gasteiger partial charge in [0.15, 0.2) is 0 Å². The van der Waals surface area contributed by atoms with E-state index in [0.29, 0.717) is 0 Å². The van der Waals surface area contributed by atoms with Crippen LogP contribution in [-0.2, 0) is 0 Å². The summed E-state index contributed by atoms with van der Waals surface area (Å²) in [6, 6.07) is 68.8. The van der Waals surface area contributed by atoms with Crippen LogP contribution in [0, 0.1) is 13.8 Å². The van der Waals surface area contributed by atoms with Gasteiger partial charge in [0.2, 0.25) is 0 Å². The lowest BCUT2D eigenvalue weighted by Gasteiger charge is -2.15. The summed E-state index contributed by atoms with van der Waals surface area (Å²) in [5, 5.41) is 7.45. The predicted molar refractivity (Wildman–Crippen MR) is 252 cm³/mol. The van der Waals surface area contributed by atoms with Gasteiger partial charge in [-0.1, -0.05) is 121 Å². The molecule has 0 bridgehead atoms. The van der Waals surface area contributed by atoms with Crippen LogP contribution in [0.1, 0.15) is 11.1 Å².